The van der Waals surface area contributed by atoms with Crippen LogP contribution in [0.1, 0.15) is 27.5 Å². The number of nitrogens with zero attached hydrogens (tertiary/aromatic N) is 1. The molecule has 0 bridgehead atoms. The van der Waals surface area contributed by atoms with Gasteiger partial charge in [0.1, 0.15) is 5.75 Å². The molecule has 2 N–H and O–H groups in total. The van der Waals surface area contributed by atoms with Crippen LogP contribution in [0.2, 0.25) is 5.02 Å². The van der Waals surface area contributed by atoms with Gasteiger partial charge in [0.2, 0.25) is 0 Å². The van der Waals surface area contributed by atoms with Gasteiger partial charge in [-0.05, 0) is 59.7 Å². The zero-order valence-corrected chi connectivity index (χ0v) is 18.8. The summed E-state index contributed by atoms with van der Waals surface area (Å²) in [5.74, 6) is -1.32. The Kier molecular flexibility index (Phi) is 6.76. The molecule has 0 aliphatic heterocycles. The van der Waals surface area contributed by atoms with Gasteiger partial charge >= 0.3 is 12.3 Å². The summed E-state index contributed by atoms with van der Waals surface area (Å²) in [4.78, 5) is 15.8. The minimum Gasteiger partial charge on any atom is -0.478 e. The lowest BCUT2D eigenvalue weighted by Crippen LogP contribution is -2.16. The molecule has 10 heteroatoms. The Morgan fingerprint density at radius 3 is 2.12 bits per heavy atom. The second-order valence-electron chi connectivity index (χ2n) is 7.17. The molecule has 174 valence electrons. The van der Waals surface area contributed by atoms with Crippen LogP contribution in [0.4, 0.5) is 18.3 Å². The highest BCUT2D eigenvalue weighted by Crippen LogP contribution is 2.33. The number of nitrogens with one attached hydrogen (secondary N) is 1. The van der Waals surface area contributed by atoms with Gasteiger partial charge in [-0.25, -0.2) is 9.78 Å². The fraction of sp³-hybridized carbons (Fsp3) is 0.0833. The molecule has 0 aliphatic rings. The third-order valence-electron chi connectivity index (χ3n) is 4.85. The van der Waals surface area contributed by atoms with Crippen molar-refractivity contribution in [2.24, 2.45) is 0 Å². The predicted molar refractivity (Wildman–Crippen MR) is 125 cm³/mol. The van der Waals surface area contributed by atoms with Crippen LogP contribution >= 0.6 is 22.9 Å². The zero-order chi connectivity index (χ0) is 24.3. The van der Waals surface area contributed by atoms with E-state index >= 15 is 0 Å². The highest BCUT2D eigenvalue weighted by Gasteiger charge is 2.31. The first-order valence-corrected chi connectivity index (χ1v) is 11.1. The number of aromatic nitrogens is 1. The van der Waals surface area contributed by atoms with Gasteiger partial charge in [0.05, 0.1) is 17.3 Å². The maximum Gasteiger partial charge on any atom is 0.573 e. The van der Waals surface area contributed by atoms with Crippen LogP contribution in [-0.4, -0.2) is 22.4 Å². The Bertz CT molecular complexity index is 1270. The number of thiazole rings is 1. The molecule has 0 spiro atoms. The molecule has 34 heavy (non-hydrogen) atoms. The minimum atomic E-state index is -4.75. The molecule has 1 atom stereocenters. The fourth-order valence-electron chi connectivity index (χ4n) is 3.26. The van der Waals surface area contributed by atoms with Gasteiger partial charge in [0.25, 0.3) is 0 Å². The van der Waals surface area contributed by atoms with Gasteiger partial charge in [0.15, 0.2) is 5.13 Å². The average molecular weight is 505 g/mol. The first kappa shape index (κ1) is 23.6. The van der Waals surface area contributed by atoms with Crippen molar-refractivity contribution in [3.05, 3.63) is 99.9 Å². The summed E-state index contributed by atoms with van der Waals surface area (Å²) in [5.41, 5.74) is 3.10. The highest BCUT2D eigenvalue weighted by molar-refractivity contribution is 7.14. The number of aromatic carboxylic acids is 1. The molecular formula is C24H16ClF3N2O3S. The third kappa shape index (κ3) is 5.86. The van der Waals surface area contributed by atoms with Crippen molar-refractivity contribution in [1.29, 1.82) is 0 Å². The molecule has 1 heterocycles. The van der Waals surface area contributed by atoms with Gasteiger partial charge in [0, 0.05) is 16.0 Å². The SMILES string of the molecule is O=C(O)c1ccc(C(Nc2nc(-c3ccc(OC(F)(F)F)cc3)cs2)c2ccc(Cl)cc2)cc1. The summed E-state index contributed by atoms with van der Waals surface area (Å²) < 4.78 is 41.0. The van der Waals surface area contributed by atoms with Gasteiger partial charge in [-0.15, -0.1) is 24.5 Å². The van der Waals surface area contributed by atoms with Crippen LogP contribution in [0.15, 0.2) is 78.2 Å². The fourth-order valence-corrected chi connectivity index (χ4v) is 4.13. The van der Waals surface area contributed by atoms with E-state index in [4.69, 9.17) is 11.6 Å². The standard InChI is InChI=1S/C24H16ClF3N2O3S/c25-18-9-5-16(6-10-18)21(15-1-3-17(4-2-15)22(31)32)30-23-29-20(13-34-23)14-7-11-19(12-8-14)33-24(26,27)28/h1-13,21H,(H,29,30)(H,31,32). The summed E-state index contributed by atoms with van der Waals surface area (Å²) in [6.07, 6.45) is -4.75. The Morgan fingerprint density at radius 1 is 0.971 bits per heavy atom. The molecule has 0 fully saturated rings. The molecule has 0 amide bonds. The monoisotopic (exact) mass is 504 g/mol. The molecule has 0 saturated heterocycles. The smallest absolute Gasteiger partial charge is 0.478 e. The second-order valence-corrected chi connectivity index (χ2v) is 8.46. The van der Waals surface area contributed by atoms with E-state index in [0.29, 0.717) is 21.4 Å². The largest absolute Gasteiger partial charge is 0.573 e. The molecule has 0 radical (unpaired) electrons. The van der Waals surface area contributed by atoms with E-state index in [9.17, 15) is 23.1 Å². The van der Waals surface area contributed by atoms with Crippen molar-refractivity contribution < 1.29 is 27.8 Å². The number of rotatable bonds is 7. The van der Waals surface area contributed by atoms with Gasteiger partial charge in [-0.2, -0.15) is 0 Å². The van der Waals surface area contributed by atoms with E-state index in [0.717, 1.165) is 11.1 Å². The molecule has 3 aromatic carbocycles. The summed E-state index contributed by atoms with van der Waals surface area (Å²) in [5, 5.41) is 15.5. The Hall–Kier alpha value is -3.56. The van der Waals surface area contributed by atoms with Crippen molar-refractivity contribution in [2.45, 2.75) is 12.4 Å². The van der Waals surface area contributed by atoms with E-state index in [2.05, 4.69) is 15.0 Å². The molecule has 0 saturated carbocycles. The number of carboxylic acids is 1. The molecule has 4 rings (SSSR count). The van der Waals surface area contributed by atoms with Crippen LogP contribution < -0.4 is 10.1 Å². The van der Waals surface area contributed by atoms with Crippen molar-refractivity contribution in [3.8, 4) is 17.0 Å². The third-order valence-corrected chi connectivity index (χ3v) is 5.88. The van der Waals surface area contributed by atoms with Crippen molar-refractivity contribution in [1.82, 2.24) is 4.98 Å². The van der Waals surface area contributed by atoms with E-state index in [1.165, 1.54) is 47.7 Å². The number of benzene rings is 3. The Labute approximate surface area is 201 Å². The minimum absolute atomic E-state index is 0.174. The lowest BCUT2D eigenvalue weighted by atomic mass is 9.98. The summed E-state index contributed by atoms with van der Waals surface area (Å²) in [7, 11) is 0. The van der Waals surface area contributed by atoms with Crippen LogP contribution in [0.25, 0.3) is 11.3 Å². The molecular weight excluding hydrogens is 489 g/mol. The molecule has 0 aliphatic carbocycles. The molecule has 1 unspecified atom stereocenters. The predicted octanol–water partition coefficient (Wildman–Crippen LogP) is 7.26. The zero-order valence-electron chi connectivity index (χ0n) is 17.2. The van der Waals surface area contributed by atoms with Crippen LogP contribution in [-0.2, 0) is 0 Å². The number of hydrogen-bond donors (Lipinski definition) is 2. The number of halogens is 4. The highest BCUT2D eigenvalue weighted by atomic mass is 35.5. The maximum atomic E-state index is 12.4. The second kappa shape index (κ2) is 9.74. The van der Waals surface area contributed by atoms with Gasteiger partial charge in [-0.3, -0.25) is 0 Å². The van der Waals surface area contributed by atoms with E-state index in [1.54, 1.807) is 29.6 Å². The normalized spacial score (nSPS) is 12.2. The topological polar surface area (TPSA) is 71.5 Å². The van der Waals surface area contributed by atoms with E-state index in [1.807, 2.05) is 12.1 Å². The van der Waals surface area contributed by atoms with Gasteiger partial charge in [-0.1, -0.05) is 35.9 Å². The maximum absolute atomic E-state index is 12.4. The van der Waals surface area contributed by atoms with E-state index < -0.39 is 12.3 Å². The number of carboxylic acid groups (broad SMARTS) is 1. The summed E-state index contributed by atoms with van der Waals surface area (Å²) in [6.45, 7) is 0. The van der Waals surface area contributed by atoms with Crippen LogP contribution in [0, 0.1) is 0 Å². The number of carbonyl (C=O) groups is 1. The summed E-state index contributed by atoms with van der Waals surface area (Å²) >= 11 is 7.36. The number of ether oxygens (including phenoxy) is 1. The lowest BCUT2D eigenvalue weighted by molar-refractivity contribution is -0.274. The van der Waals surface area contributed by atoms with Gasteiger partial charge < -0.3 is 15.2 Å². The Morgan fingerprint density at radius 2 is 1.56 bits per heavy atom. The molecule has 5 nitrogen and oxygen atoms in total. The number of anilines is 1. The first-order chi connectivity index (χ1) is 16.2. The van der Waals surface area contributed by atoms with Crippen LogP contribution in [0.3, 0.4) is 0 Å². The molecule has 4 aromatic rings. The van der Waals surface area contributed by atoms with Crippen molar-refractivity contribution in [2.75, 3.05) is 5.32 Å². The molecule has 1 aromatic heterocycles. The number of hydrogen-bond acceptors (Lipinski definition) is 5. The van der Waals surface area contributed by atoms with Crippen molar-refractivity contribution >= 4 is 34.0 Å². The number of alkyl halides is 3. The summed E-state index contributed by atoms with van der Waals surface area (Å²) in [6, 6.07) is 18.9. The van der Waals surface area contributed by atoms with E-state index in [-0.39, 0.29) is 17.4 Å². The van der Waals surface area contributed by atoms with Crippen LogP contribution in [0.5, 0.6) is 5.75 Å². The first-order valence-electron chi connectivity index (χ1n) is 9.85. The lowest BCUT2D eigenvalue weighted by Gasteiger charge is -2.19. The van der Waals surface area contributed by atoms with Crippen molar-refractivity contribution in [3.63, 3.8) is 0 Å². The Balaban J connectivity index is 1.59. The quantitative estimate of drug-likeness (QED) is 0.277. The average Bonchev–Trinajstić information content (AvgIpc) is 3.26.